The van der Waals surface area contributed by atoms with Crippen molar-refractivity contribution in [3.05, 3.63) is 42.1 Å². The minimum Gasteiger partial charge on any atom is -0.469 e. The average Bonchev–Trinajstić information content (AvgIpc) is 2.64. The number of hydrogen-bond acceptors (Lipinski definition) is 6. The van der Waals surface area contributed by atoms with E-state index in [0.717, 1.165) is 5.39 Å². The first-order chi connectivity index (χ1) is 12.0. The van der Waals surface area contributed by atoms with Crippen LogP contribution in [0.4, 0.5) is 0 Å². The Bertz CT molecular complexity index is 790. The van der Waals surface area contributed by atoms with Crippen molar-refractivity contribution in [2.24, 2.45) is 5.92 Å². The van der Waals surface area contributed by atoms with Gasteiger partial charge in [0.25, 0.3) is 5.91 Å². The van der Waals surface area contributed by atoms with E-state index in [0.29, 0.717) is 5.52 Å². The number of nitrogens with one attached hydrogen (secondary N) is 1. The number of esters is 2. The molecule has 2 aromatic rings. The number of amides is 1. The molecule has 7 nitrogen and oxygen atoms in total. The maximum absolute atomic E-state index is 12.5. The zero-order chi connectivity index (χ0) is 18.4. The van der Waals surface area contributed by atoms with E-state index in [1.54, 1.807) is 25.1 Å². The summed E-state index contributed by atoms with van der Waals surface area (Å²) in [6.45, 7) is 1.66. The second-order valence-corrected chi connectivity index (χ2v) is 5.62. The van der Waals surface area contributed by atoms with Crippen LogP contribution < -0.4 is 5.32 Å². The molecule has 2 atom stereocenters. The SMILES string of the molecule is COC(=O)C[C@H](C)[C@H](NC(=O)c1ccc2ccccc2n1)C(=O)OC. The van der Waals surface area contributed by atoms with Crippen molar-refractivity contribution < 1.29 is 23.9 Å². The smallest absolute Gasteiger partial charge is 0.328 e. The Balaban J connectivity index is 2.19. The van der Waals surface area contributed by atoms with Crippen molar-refractivity contribution in [2.45, 2.75) is 19.4 Å². The summed E-state index contributed by atoms with van der Waals surface area (Å²) < 4.78 is 9.34. The molecule has 25 heavy (non-hydrogen) atoms. The monoisotopic (exact) mass is 344 g/mol. The van der Waals surface area contributed by atoms with E-state index in [1.165, 1.54) is 14.2 Å². The molecule has 132 valence electrons. The van der Waals surface area contributed by atoms with E-state index < -0.39 is 29.8 Å². The van der Waals surface area contributed by atoms with Crippen LogP contribution in [0.2, 0.25) is 0 Å². The van der Waals surface area contributed by atoms with Gasteiger partial charge in [-0.15, -0.1) is 0 Å². The number of carbonyl (C=O) groups excluding carboxylic acids is 3. The van der Waals surface area contributed by atoms with Crippen molar-refractivity contribution in [2.75, 3.05) is 14.2 Å². The highest BCUT2D eigenvalue weighted by atomic mass is 16.5. The molecule has 2 rings (SSSR count). The van der Waals surface area contributed by atoms with Gasteiger partial charge in [0.1, 0.15) is 11.7 Å². The van der Waals surface area contributed by atoms with Gasteiger partial charge in [0.05, 0.1) is 26.2 Å². The highest BCUT2D eigenvalue weighted by molar-refractivity contribution is 5.97. The Labute approximate surface area is 145 Å². The van der Waals surface area contributed by atoms with Crippen molar-refractivity contribution in [3.63, 3.8) is 0 Å². The van der Waals surface area contributed by atoms with Crippen LogP contribution in [0.15, 0.2) is 36.4 Å². The summed E-state index contributed by atoms with van der Waals surface area (Å²) in [6, 6.07) is 9.77. The van der Waals surface area contributed by atoms with Crippen LogP contribution in [0.5, 0.6) is 0 Å². The summed E-state index contributed by atoms with van der Waals surface area (Å²) >= 11 is 0. The van der Waals surface area contributed by atoms with Crippen LogP contribution in [0, 0.1) is 5.92 Å². The molecule has 0 fully saturated rings. The first-order valence-electron chi connectivity index (χ1n) is 7.77. The molecule has 0 bridgehead atoms. The number of benzene rings is 1. The van der Waals surface area contributed by atoms with Gasteiger partial charge in [0.2, 0.25) is 0 Å². The molecule has 0 aliphatic heterocycles. The number of ether oxygens (including phenoxy) is 2. The van der Waals surface area contributed by atoms with Crippen LogP contribution in [0.1, 0.15) is 23.8 Å². The van der Waals surface area contributed by atoms with Crippen LogP contribution in [0.3, 0.4) is 0 Å². The van der Waals surface area contributed by atoms with E-state index in [4.69, 9.17) is 4.74 Å². The van der Waals surface area contributed by atoms with Crippen molar-refractivity contribution >= 4 is 28.7 Å². The minimum absolute atomic E-state index is 0.0261. The molecule has 1 aromatic carbocycles. The molecule has 1 N–H and O–H groups in total. The summed E-state index contributed by atoms with van der Waals surface area (Å²) in [5.74, 6) is -2.12. The lowest BCUT2D eigenvalue weighted by atomic mass is 9.98. The zero-order valence-electron chi connectivity index (χ0n) is 14.3. The third-order valence-corrected chi connectivity index (χ3v) is 3.86. The van der Waals surface area contributed by atoms with E-state index >= 15 is 0 Å². The first-order valence-corrected chi connectivity index (χ1v) is 7.77. The molecular formula is C18H20N2O5. The van der Waals surface area contributed by atoms with Gasteiger partial charge in [-0.05, 0) is 18.1 Å². The number of methoxy groups -OCH3 is 2. The topological polar surface area (TPSA) is 94.6 Å². The minimum atomic E-state index is -0.982. The molecule has 0 saturated carbocycles. The predicted octanol–water partition coefficient (Wildman–Crippen LogP) is 1.71. The summed E-state index contributed by atoms with van der Waals surface area (Å²) in [6.07, 6.45) is -0.0261. The second kappa shape index (κ2) is 8.23. The van der Waals surface area contributed by atoms with E-state index in [2.05, 4.69) is 15.0 Å². The van der Waals surface area contributed by atoms with Gasteiger partial charge < -0.3 is 14.8 Å². The molecule has 0 unspecified atom stereocenters. The molecule has 7 heteroatoms. The van der Waals surface area contributed by atoms with Gasteiger partial charge in [-0.2, -0.15) is 0 Å². The van der Waals surface area contributed by atoms with Gasteiger partial charge in [0, 0.05) is 5.39 Å². The molecule has 0 radical (unpaired) electrons. The zero-order valence-corrected chi connectivity index (χ0v) is 14.3. The standard InChI is InChI=1S/C18H20N2O5/c1-11(10-15(21)24-2)16(18(23)25-3)20-17(22)14-9-8-12-6-4-5-7-13(12)19-14/h4-9,11,16H,10H2,1-3H3,(H,20,22)/t11-,16-/m0/s1. The Morgan fingerprint density at radius 2 is 1.80 bits per heavy atom. The fourth-order valence-corrected chi connectivity index (χ4v) is 2.43. The number of para-hydroxylation sites is 1. The van der Waals surface area contributed by atoms with Crippen molar-refractivity contribution in [1.29, 1.82) is 0 Å². The normalized spacial score (nSPS) is 12.9. The lowest BCUT2D eigenvalue weighted by Crippen LogP contribution is -2.46. The van der Waals surface area contributed by atoms with Crippen molar-refractivity contribution in [3.8, 4) is 0 Å². The fourth-order valence-electron chi connectivity index (χ4n) is 2.43. The number of pyridine rings is 1. The number of fused-ring (bicyclic) bond motifs is 1. The number of rotatable bonds is 6. The highest BCUT2D eigenvalue weighted by Crippen LogP contribution is 2.14. The molecule has 0 aliphatic carbocycles. The number of hydrogen-bond donors (Lipinski definition) is 1. The lowest BCUT2D eigenvalue weighted by Gasteiger charge is -2.22. The van der Waals surface area contributed by atoms with Crippen LogP contribution in [-0.4, -0.2) is 43.1 Å². The summed E-state index contributed by atoms with van der Waals surface area (Å²) in [5.41, 5.74) is 0.852. The molecule has 0 spiro atoms. The van der Waals surface area contributed by atoms with Crippen LogP contribution >= 0.6 is 0 Å². The van der Waals surface area contributed by atoms with Crippen LogP contribution in [-0.2, 0) is 19.1 Å². The Hall–Kier alpha value is -2.96. The van der Waals surface area contributed by atoms with Gasteiger partial charge >= 0.3 is 11.9 Å². The third-order valence-electron chi connectivity index (χ3n) is 3.86. The summed E-state index contributed by atoms with van der Waals surface area (Å²) in [4.78, 5) is 40.2. The number of carbonyl (C=O) groups is 3. The highest BCUT2D eigenvalue weighted by Gasteiger charge is 2.30. The summed E-state index contributed by atoms with van der Waals surface area (Å²) in [5, 5.41) is 3.50. The molecule has 1 amide bonds. The predicted molar refractivity (Wildman–Crippen MR) is 90.8 cm³/mol. The summed E-state index contributed by atoms with van der Waals surface area (Å²) in [7, 11) is 2.49. The van der Waals surface area contributed by atoms with E-state index in [-0.39, 0.29) is 12.1 Å². The largest absolute Gasteiger partial charge is 0.469 e. The quantitative estimate of drug-likeness (QED) is 0.802. The van der Waals surface area contributed by atoms with Gasteiger partial charge in [-0.3, -0.25) is 9.59 Å². The van der Waals surface area contributed by atoms with Crippen molar-refractivity contribution in [1.82, 2.24) is 10.3 Å². The third kappa shape index (κ3) is 4.53. The Kier molecular flexibility index (Phi) is 6.05. The molecular weight excluding hydrogens is 324 g/mol. The Morgan fingerprint density at radius 1 is 1.08 bits per heavy atom. The van der Waals surface area contributed by atoms with Gasteiger partial charge in [0.15, 0.2) is 0 Å². The Morgan fingerprint density at radius 3 is 2.48 bits per heavy atom. The lowest BCUT2D eigenvalue weighted by molar-refractivity contribution is -0.146. The molecule has 1 aromatic heterocycles. The van der Waals surface area contributed by atoms with Gasteiger partial charge in [-0.25, -0.2) is 9.78 Å². The average molecular weight is 344 g/mol. The molecule has 0 saturated heterocycles. The van der Waals surface area contributed by atoms with E-state index in [1.807, 2.05) is 18.2 Å². The van der Waals surface area contributed by atoms with Crippen LogP contribution in [0.25, 0.3) is 10.9 Å². The fraction of sp³-hybridized carbons (Fsp3) is 0.333. The molecule has 1 heterocycles. The first kappa shape index (κ1) is 18.4. The molecule has 0 aliphatic rings. The maximum Gasteiger partial charge on any atom is 0.328 e. The maximum atomic E-state index is 12.5. The second-order valence-electron chi connectivity index (χ2n) is 5.62. The number of nitrogens with zero attached hydrogens (tertiary/aromatic N) is 1. The van der Waals surface area contributed by atoms with Gasteiger partial charge in [-0.1, -0.05) is 31.2 Å². The van der Waals surface area contributed by atoms with E-state index in [9.17, 15) is 14.4 Å². The number of aromatic nitrogens is 1.